The smallest absolute Gasteiger partial charge is 0.363 e. The lowest BCUT2D eigenvalue weighted by Crippen LogP contribution is -2.12. The van der Waals surface area contributed by atoms with E-state index >= 15 is 0 Å². The van der Waals surface area contributed by atoms with Crippen molar-refractivity contribution in [1.29, 1.82) is 0 Å². The third kappa shape index (κ3) is 5.87. The van der Waals surface area contributed by atoms with Crippen molar-refractivity contribution in [3.8, 4) is 11.5 Å². The molecule has 0 spiro atoms. The highest BCUT2D eigenvalue weighted by molar-refractivity contribution is 14.1. The van der Waals surface area contributed by atoms with E-state index in [1.54, 1.807) is 30.3 Å². The predicted molar refractivity (Wildman–Crippen MR) is 132 cm³/mol. The number of amides is 1. The van der Waals surface area contributed by atoms with Crippen molar-refractivity contribution in [2.45, 2.75) is 40.2 Å². The molecule has 1 amide bonds. The van der Waals surface area contributed by atoms with E-state index in [1.807, 2.05) is 26.0 Å². The zero-order valence-corrected chi connectivity index (χ0v) is 20.6. The van der Waals surface area contributed by atoms with Gasteiger partial charge in [0.25, 0.3) is 0 Å². The molecule has 1 atom stereocenters. The molecule has 1 heterocycles. The van der Waals surface area contributed by atoms with Gasteiger partial charge in [0.05, 0.1) is 16.3 Å². The fourth-order valence-electron chi connectivity index (χ4n) is 2.92. The number of nitrogens with zero attached hydrogens (tertiary/aromatic N) is 1. The molecule has 2 aromatic carbocycles. The molecule has 0 radical (unpaired) electrons. The van der Waals surface area contributed by atoms with Crippen LogP contribution in [0.1, 0.15) is 45.2 Å². The summed E-state index contributed by atoms with van der Waals surface area (Å²) in [6.45, 7) is 7.91. The van der Waals surface area contributed by atoms with Gasteiger partial charge in [0.1, 0.15) is 0 Å². The second-order valence-corrected chi connectivity index (χ2v) is 8.36. The van der Waals surface area contributed by atoms with Crippen LogP contribution in [0.5, 0.6) is 11.5 Å². The van der Waals surface area contributed by atoms with Crippen molar-refractivity contribution < 1.29 is 23.8 Å². The average molecular weight is 548 g/mol. The highest BCUT2D eigenvalue weighted by Gasteiger charge is 2.24. The first-order valence-corrected chi connectivity index (χ1v) is 11.4. The maximum atomic E-state index is 12.4. The van der Waals surface area contributed by atoms with Gasteiger partial charge in [-0.05, 0) is 90.9 Å². The number of rotatable bonds is 8. The first-order valence-electron chi connectivity index (χ1n) is 10.3. The van der Waals surface area contributed by atoms with Crippen LogP contribution < -0.4 is 14.8 Å². The third-order valence-corrected chi connectivity index (χ3v) is 5.40. The maximum absolute atomic E-state index is 12.4. The highest BCUT2D eigenvalue weighted by atomic mass is 127. The number of hydrogen-bond acceptors (Lipinski definition) is 6. The molecule has 0 aromatic heterocycles. The Labute approximate surface area is 201 Å². The fourth-order valence-corrected chi connectivity index (χ4v) is 3.68. The number of ether oxygens (including phenoxy) is 3. The summed E-state index contributed by atoms with van der Waals surface area (Å²) in [5.41, 5.74) is 2.24. The minimum Gasteiger partial charge on any atom is -0.490 e. The molecule has 0 aliphatic carbocycles. The quantitative estimate of drug-likeness (QED) is 0.280. The largest absolute Gasteiger partial charge is 0.490 e. The van der Waals surface area contributed by atoms with E-state index in [0.29, 0.717) is 29.4 Å². The van der Waals surface area contributed by atoms with Crippen LogP contribution in [0.15, 0.2) is 47.1 Å². The van der Waals surface area contributed by atoms with Gasteiger partial charge in [0.15, 0.2) is 17.2 Å². The maximum Gasteiger partial charge on any atom is 0.363 e. The molecule has 3 rings (SSSR count). The summed E-state index contributed by atoms with van der Waals surface area (Å²) in [5.74, 6) is 0.845. The number of nitrogens with one attached hydrogen (secondary N) is 1. The number of halogens is 1. The number of cyclic esters (lactones) is 1. The van der Waals surface area contributed by atoms with Gasteiger partial charge in [-0.1, -0.05) is 6.92 Å². The molecule has 1 N–H and O–H groups in total. The van der Waals surface area contributed by atoms with Gasteiger partial charge >= 0.3 is 5.97 Å². The van der Waals surface area contributed by atoms with Crippen molar-refractivity contribution in [3.63, 3.8) is 0 Å². The summed E-state index contributed by atoms with van der Waals surface area (Å²) in [7, 11) is 0. The molecule has 168 valence electrons. The Morgan fingerprint density at radius 2 is 1.97 bits per heavy atom. The van der Waals surface area contributed by atoms with Crippen LogP contribution in [-0.4, -0.2) is 30.5 Å². The molecule has 1 unspecified atom stereocenters. The third-order valence-electron chi connectivity index (χ3n) is 4.60. The summed E-state index contributed by atoms with van der Waals surface area (Å²) < 4.78 is 18.0. The first kappa shape index (κ1) is 23.8. The lowest BCUT2D eigenvalue weighted by atomic mass is 10.1. The lowest BCUT2D eigenvalue weighted by molar-refractivity contribution is -0.129. The minimum absolute atomic E-state index is 0.0564. The van der Waals surface area contributed by atoms with Crippen LogP contribution in [0.25, 0.3) is 6.08 Å². The topological polar surface area (TPSA) is 86.2 Å². The Bertz CT molecular complexity index is 1080. The van der Waals surface area contributed by atoms with E-state index in [0.717, 1.165) is 15.6 Å². The number of esters is 1. The molecule has 7 nitrogen and oxygen atoms in total. The summed E-state index contributed by atoms with van der Waals surface area (Å²) in [5, 5.41) is 2.69. The van der Waals surface area contributed by atoms with Gasteiger partial charge in [-0.25, -0.2) is 9.79 Å². The van der Waals surface area contributed by atoms with Crippen LogP contribution in [0.2, 0.25) is 0 Å². The molecule has 0 fully saturated rings. The molecule has 0 saturated carbocycles. The molecule has 0 saturated heterocycles. The van der Waals surface area contributed by atoms with Crippen molar-refractivity contribution in [2.24, 2.45) is 4.99 Å². The SMILES string of the molecule is CCOc1cc(/C=C2\N=C(c3ccc(NC(C)=O)cc3)OC2=O)cc(I)c1OC(C)CC. The number of carbonyl (C=O) groups excluding carboxylic acids is 2. The van der Waals surface area contributed by atoms with E-state index in [4.69, 9.17) is 14.2 Å². The Kier molecular flexibility index (Phi) is 7.89. The van der Waals surface area contributed by atoms with E-state index in [-0.39, 0.29) is 23.6 Å². The molecule has 0 bridgehead atoms. The molecule has 1 aliphatic rings. The molecule has 32 heavy (non-hydrogen) atoms. The minimum atomic E-state index is -0.529. The van der Waals surface area contributed by atoms with Crippen molar-refractivity contribution in [3.05, 3.63) is 56.8 Å². The standard InChI is InChI=1S/C24H25IN2O5/c1-5-14(3)31-22-19(25)11-16(13-21(22)30-6-2)12-20-24(29)32-23(27-20)17-7-9-18(10-8-17)26-15(4)28/h7-14H,5-6H2,1-4H3,(H,26,28)/b20-12-. The first-order chi connectivity index (χ1) is 15.3. The number of aliphatic imine (C=N–C) groups is 1. The van der Waals surface area contributed by atoms with Gasteiger partial charge in [0, 0.05) is 18.2 Å². The molecule has 2 aromatic rings. The van der Waals surface area contributed by atoms with E-state index < -0.39 is 5.97 Å². The zero-order chi connectivity index (χ0) is 23.3. The van der Waals surface area contributed by atoms with Gasteiger partial charge in [0.2, 0.25) is 11.8 Å². The van der Waals surface area contributed by atoms with Crippen molar-refractivity contribution in [2.75, 3.05) is 11.9 Å². The highest BCUT2D eigenvalue weighted by Crippen LogP contribution is 2.36. The Morgan fingerprint density at radius 3 is 2.59 bits per heavy atom. The summed E-state index contributed by atoms with van der Waals surface area (Å²) >= 11 is 2.20. The van der Waals surface area contributed by atoms with Gasteiger partial charge in [-0.2, -0.15) is 0 Å². The molecule has 8 heteroatoms. The average Bonchev–Trinajstić information content (AvgIpc) is 3.11. The van der Waals surface area contributed by atoms with Crippen LogP contribution >= 0.6 is 22.6 Å². The van der Waals surface area contributed by atoms with Crippen molar-refractivity contribution in [1.82, 2.24) is 0 Å². The number of hydrogen-bond donors (Lipinski definition) is 1. The lowest BCUT2D eigenvalue weighted by Gasteiger charge is -2.18. The Morgan fingerprint density at radius 1 is 1.25 bits per heavy atom. The van der Waals surface area contributed by atoms with Gasteiger partial charge in [-0.3, -0.25) is 4.79 Å². The molecular weight excluding hydrogens is 523 g/mol. The van der Waals surface area contributed by atoms with Gasteiger partial charge < -0.3 is 19.5 Å². The van der Waals surface area contributed by atoms with Crippen LogP contribution in [-0.2, 0) is 14.3 Å². The van der Waals surface area contributed by atoms with E-state index in [1.165, 1.54) is 6.92 Å². The zero-order valence-electron chi connectivity index (χ0n) is 18.4. The Balaban J connectivity index is 1.89. The van der Waals surface area contributed by atoms with Crippen LogP contribution in [0.4, 0.5) is 5.69 Å². The van der Waals surface area contributed by atoms with Crippen LogP contribution in [0, 0.1) is 3.57 Å². The van der Waals surface area contributed by atoms with E-state index in [9.17, 15) is 9.59 Å². The summed E-state index contributed by atoms with van der Waals surface area (Å²) in [4.78, 5) is 27.9. The molecular formula is C24H25IN2O5. The number of carbonyl (C=O) groups is 2. The monoisotopic (exact) mass is 548 g/mol. The summed E-state index contributed by atoms with van der Waals surface area (Å²) in [6, 6.07) is 10.7. The van der Waals surface area contributed by atoms with Crippen molar-refractivity contribution >= 4 is 52.1 Å². The van der Waals surface area contributed by atoms with Crippen LogP contribution in [0.3, 0.4) is 0 Å². The normalized spacial score (nSPS) is 15.2. The second-order valence-electron chi connectivity index (χ2n) is 7.19. The number of anilines is 1. The van der Waals surface area contributed by atoms with E-state index in [2.05, 4.69) is 39.8 Å². The van der Waals surface area contributed by atoms with Gasteiger partial charge in [-0.15, -0.1) is 0 Å². The molecule has 1 aliphatic heterocycles. The fraction of sp³-hybridized carbons (Fsp3) is 0.292. The summed E-state index contributed by atoms with van der Waals surface area (Å²) in [6.07, 6.45) is 2.60. The second kappa shape index (κ2) is 10.6. The Hall–Kier alpha value is -2.88. The predicted octanol–water partition coefficient (Wildman–Crippen LogP) is 5.17. The number of benzene rings is 2.